The minimum absolute atomic E-state index is 0.352. The van der Waals surface area contributed by atoms with Crippen LogP contribution in [0.4, 0.5) is 0 Å². The van der Waals surface area contributed by atoms with Crippen LogP contribution in [0, 0.1) is 11.3 Å². The van der Waals surface area contributed by atoms with Gasteiger partial charge in [-0.2, -0.15) is 5.26 Å². The van der Waals surface area contributed by atoms with Gasteiger partial charge in [0.05, 0.1) is 18.2 Å². The van der Waals surface area contributed by atoms with Gasteiger partial charge in [-0.25, -0.2) is 4.79 Å². The number of hydrogen-bond donors (Lipinski definition) is 0. The van der Waals surface area contributed by atoms with Crippen molar-refractivity contribution in [3.63, 3.8) is 0 Å². The molecule has 0 saturated carbocycles. The third kappa shape index (κ3) is 3.87. The van der Waals surface area contributed by atoms with Gasteiger partial charge in [-0.15, -0.1) is 0 Å². The number of carbonyl (C=O) groups is 1. The predicted octanol–water partition coefficient (Wildman–Crippen LogP) is 2.90. The number of nitrogens with zero attached hydrogens (tertiary/aromatic N) is 1. The summed E-state index contributed by atoms with van der Waals surface area (Å²) in [6, 6.07) is 7.26. The lowest BCUT2D eigenvalue weighted by Gasteiger charge is -1.97. The van der Waals surface area contributed by atoms with Crippen LogP contribution in [0.5, 0.6) is 0 Å². The SMILES string of the molecule is CCOC(=O)C=Cc1cc(Br)cc(C#N)c1. The zero-order valence-electron chi connectivity index (χ0n) is 8.74. The van der Waals surface area contributed by atoms with Gasteiger partial charge < -0.3 is 4.74 Å². The molecule has 1 aromatic rings. The lowest BCUT2D eigenvalue weighted by atomic mass is 10.1. The maximum atomic E-state index is 11.1. The number of rotatable bonds is 3. The number of esters is 1. The van der Waals surface area contributed by atoms with E-state index in [1.807, 2.05) is 12.1 Å². The quantitative estimate of drug-likeness (QED) is 0.632. The van der Waals surface area contributed by atoms with E-state index < -0.39 is 0 Å². The third-order valence-corrected chi connectivity index (χ3v) is 2.21. The van der Waals surface area contributed by atoms with Gasteiger partial charge in [-0.05, 0) is 36.8 Å². The van der Waals surface area contributed by atoms with Crippen molar-refractivity contribution < 1.29 is 9.53 Å². The Bertz CT molecular complexity index is 461. The zero-order valence-corrected chi connectivity index (χ0v) is 10.3. The van der Waals surface area contributed by atoms with Gasteiger partial charge in [0, 0.05) is 10.5 Å². The second-order valence-corrected chi connectivity index (χ2v) is 3.89. The highest BCUT2D eigenvalue weighted by Gasteiger charge is 1.98. The molecule has 4 heteroatoms. The van der Waals surface area contributed by atoms with Crippen LogP contribution in [0.1, 0.15) is 18.1 Å². The number of ether oxygens (including phenoxy) is 1. The molecule has 0 spiro atoms. The van der Waals surface area contributed by atoms with Crippen molar-refractivity contribution in [2.24, 2.45) is 0 Å². The van der Waals surface area contributed by atoms with Crippen LogP contribution in [0.2, 0.25) is 0 Å². The highest BCUT2D eigenvalue weighted by atomic mass is 79.9. The molecule has 1 rings (SSSR count). The lowest BCUT2D eigenvalue weighted by Crippen LogP contribution is -1.98. The van der Waals surface area contributed by atoms with E-state index in [-0.39, 0.29) is 5.97 Å². The third-order valence-electron chi connectivity index (χ3n) is 1.75. The second kappa shape index (κ2) is 6.09. The van der Waals surface area contributed by atoms with Crippen LogP contribution >= 0.6 is 15.9 Å². The van der Waals surface area contributed by atoms with Crippen molar-refractivity contribution in [2.45, 2.75) is 6.92 Å². The molecule has 16 heavy (non-hydrogen) atoms. The molecule has 3 nitrogen and oxygen atoms in total. The van der Waals surface area contributed by atoms with Crippen molar-refractivity contribution in [1.82, 2.24) is 0 Å². The number of benzene rings is 1. The Balaban J connectivity index is 2.85. The highest BCUT2D eigenvalue weighted by Crippen LogP contribution is 2.16. The number of carbonyl (C=O) groups excluding carboxylic acids is 1. The second-order valence-electron chi connectivity index (χ2n) is 2.97. The molecule has 0 heterocycles. The molecule has 0 aromatic heterocycles. The summed E-state index contributed by atoms with van der Waals surface area (Å²) in [6.07, 6.45) is 2.95. The van der Waals surface area contributed by atoms with E-state index in [9.17, 15) is 4.79 Å². The summed E-state index contributed by atoms with van der Waals surface area (Å²) in [7, 11) is 0. The first-order valence-electron chi connectivity index (χ1n) is 4.71. The molecule has 0 amide bonds. The van der Waals surface area contributed by atoms with E-state index in [4.69, 9.17) is 10.00 Å². The summed E-state index contributed by atoms with van der Waals surface area (Å²) in [5, 5.41) is 8.76. The fourth-order valence-electron chi connectivity index (χ4n) is 1.13. The average molecular weight is 280 g/mol. The van der Waals surface area contributed by atoms with E-state index in [1.54, 1.807) is 25.1 Å². The summed E-state index contributed by atoms with van der Waals surface area (Å²) < 4.78 is 5.55. The molecular weight excluding hydrogens is 270 g/mol. The van der Waals surface area contributed by atoms with Crippen molar-refractivity contribution in [1.29, 1.82) is 5.26 Å². The fourth-order valence-corrected chi connectivity index (χ4v) is 1.64. The molecule has 82 valence electrons. The van der Waals surface area contributed by atoms with Crippen molar-refractivity contribution in [3.05, 3.63) is 39.9 Å². The first-order valence-corrected chi connectivity index (χ1v) is 5.50. The van der Waals surface area contributed by atoms with Crippen LogP contribution in [0.25, 0.3) is 6.08 Å². The molecule has 0 aliphatic carbocycles. The van der Waals surface area contributed by atoms with E-state index in [0.29, 0.717) is 12.2 Å². The monoisotopic (exact) mass is 279 g/mol. The van der Waals surface area contributed by atoms with E-state index in [0.717, 1.165) is 10.0 Å². The Hall–Kier alpha value is -1.60. The highest BCUT2D eigenvalue weighted by molar-refractivity contribution is 9.10. The van der Waals surface area contributed by atoms with Crippen LogP contribution < -0.4 is 0 Å². The minimum atomic E-state index is -0.388. The first-order chi connectivity index (χ1) is 7.65. The normalized spacial score (nSPS) is 10.1. The Morgan fingerprint density at radius 3 is 2.94 bits per heavy atom. The molecule has 0 aliphatic rings. The van der Waals surface area contributed by atoms with Crippen LogP contribution in [0.15, 0.2) is 28.7 Å². The molecule has 1 aromatic carbocycles. The molecular formula is C12H10BrNO2. The molecule has 0 N–H and O–H groups in total. The van der Waals surface area contributed by atoms with Gasteiger partial charge in [0.2, 0.25) is 0 Å². The molecule has 0 aliphatic heterocycles. The molecule has 0 fully saturated rings. The van der Waals surface area contributed by atoms with Gasteiger partial charge in [-0.3, -0.25) is 0 Å². The Morgan fingerprint density at radius 1 is 1.56 bits per heavy atom. The lowest BCUT2D eigenvalue weighted by molar-refractivity contribution is -0.137. The van der Waals surface area contributed by atoms with Gasteiger partial charge in [0.25, 0.3) is 0 Å². The van der Waals surface area contributed by atoms with Crippen LogP contribution in [-0.4, -0.2) is 12.6 Å². The van der Waals surface area contributed by atoms with Gasteiger partial charge in [0.1, 0.15) is 0 Å². The van der Waals surface area contributed by atoms with Crippen LogP contribution in [0.3, 0.4) is 0 Å². The summed E-state index contributed by atoms with van der Waals surface area (Å²) in [6.45, 7) is 2.10. The van der Waals surface area contributed by atoms with Gasteiger partial charge in [0.15, 0.2) is 0 Å². The minimum Gasteiger partial charge on any atom is -0.463 e. The van der Waals surface area contributed by atoms with Gasteiger partial charge >= 0.3 is 5.97 Å². The zero-order chi connectivity index (χ0) is 12.0. The van der Waals surface area contributed by atoms with Crippen molar-refractivity contribution in [3.8, 4) is 6.07 Å². The maximum Gasteiger partial charge on any atom is 0.330 e. The number of hydrogen-bond acceptors (Lipinski definition) is 3. The largest absolute Gasteiger partial charge is 0.463 e. The predicted molar refractivity (Wildman–Crippen MR) is 64.5 cm³/mol. The van der Waals surface area contributed by atoms with E-state index in [2.05, 4.69) is 15.9 Å². The van der Waals surface area contributed by atoms with Gasteiger partial charge in [-0.1, -0.05) is 15.9 Å². The Kier molecular flexibility index (Phi) is 4.74. The summed E-state index contributed by atoms with van der Waals surface area (Å²) in [4.78, 5) is 11.1. The van der Waals surface area contributed by atoms with Crippen molar-refractivity contribution in [2.75, 3.05) is 6.61 Å². The molecule has 0 bridgehead atoms. The smallest absolute Gasteiger partial charge is 0.330 e. The van der Waals surface area contributed by atoms with E-state index in [1.165, 1.54) is 6.08 Å². The van der Waals surface area contributed by atoms with E-state index >= 15 is 0 Å². The first kappa shape index (κ1) is 12.5. The summed E-state index contributed by atoms with van der Waals surface area (Å²) in [5.74, 6) is -0.388. The number of nitriles is 1. The summed E-state index contributed by atoms with van der Waals surface area (Å²) >= 11 is 3.29. The molecule has 0 unspecified atom stereocenters. The fraction of sp³-hybridized carbons (Fsp3) is 0.167. The maximum absolute atomic E-state index is 11.1. The topological polar surface area (TPSA) is 50.1 Å². The Labute approximate surface area is 102 Å². The van der Waals surface area contributed by atoms with Crippen LogP contribution in [-0.2, 0) is 9.53 Å². The molecule has 0 atom stereocenters. The standard InChI is InChI=1S/C12H10BrNO2/c1-2-16-12(15)4-3-9-5-10(8-14)7-11(13)6-9/h3-7H,2H2,1H3. The Morgan fingerprint density at radius 2 is 2.31 bits per heavy atom. The molecule has 0 saturated heterocycles. The molecule has 0 radical (unpaired) electrons. The van der Waals surface area contributed by atoms with Crippen molar-refractivity contribution >= 4 is 28.0 Å². The average Bonchev–Trinajstić information content (AvgIpc) is 2.26. The summed E-state index contributed by atoms with van der Waals surface area (Å²) in [5.41, 5.74) is 1.32. The number of halogens is 1.